The molecule has 3 nitrogen and oxygen atoms in total. The van der Waals surface area contributed by atoms with Crippen LogP contribution in [0.4, 0.5) is 13.2 Å². The van der Waals surface area contributed by atoms with Gasteiger partial charge in [0.15, 0.2) is 0 Å². The first-order valence-electron chi connectivity index (χ1n) is 7.71. The molecule has 0 radical (unpaired) electrons. The normalized spacial score (nSPS) is 16.0. The van der Waals surface area contributed by atoms with Gasteiger partial charge in [-0.15, -0.1) is 0 Å². The van der Waals surface area contributed by atoms with Crippen LogP contribution in [-0.4, -0.2) is 17.4 Å². The lowest BCUT2D eigenvalue weighted by atomic mass is 10.0. The second kappa shape index (κ2) is 7.11. The van der Waals surface area contributed by atoms with Gasteiger partial charge in [0.2, 0.25) is 0 Å². The van der Waals surface area contributed by atoms with Crippen LogP contribution in [0.2, 0.25) is 0 Å². The van der Waals surface area contributed by atoms with Crippen LogP contribution in [0, 0.1) is 12.8 Å². The zero-order valence-corrected chi connectivity index (χ0v) is 12.7. The Kier molecular flexibility index (Phi) is 5.42. The number of carbonyl (C=O) groups is 1. The number of nitrogens with zero attached hydrogens (tertiary/aromatic N) is 1. The lowest BCUT2D eigenvalue weighted by molar-refractivity contribution is -0.141. The third-order valence-corrected chi connectivity index (χ3v) is 4.17. The Bertz CT molecular complexity index is 523. The minimum atomic E-state index is -4.49. The van der Waals surface area contributed by atoms with E-state index in [0.29, 0.717) is 6.54 Å². The highest BCUT2D eigenvalue weighted by molar-refractivity contribution is 5.95. The van der Waals surface area contributed by atoms with Gasteiger partial charge in [0.05, 0.1) is 11.3 Å². The number of halogens is 3. The zero-order chi connectivity index (χ0) is 16.2. The van der Waals surface area contributed by atoms with Crippen LogP contribution in [0.5, 0.6) is 0 Å². The molecule has 0 atom stereocenters. The van der Waals surface area contributed by atoms with Gasteiger partial charge < -0.3 is 5.32 Å². The van der Waals surface area contributed by atoms with E-state index in [1.54, 1.807) is 0 Å². The molecular weight excluding hydrogens is 293 g/mol. The number of hydrogen-bond acceptors (Lipinski definition) is 2. The van der Waals surface area contributed by atoms with Crippen LogP contribution in [-0.2, 0) is 6.18 Å². The van der Waals surface area contributed by atoms with Gasteiger partial charge in [-0.25, -0.2) is 4.98 Å². The second-order valence-corrected chi connectivity index (χ2v) is 5.88. The molecular formula is C16H21F3N2O. The Balaban J connectivity index is 1.84. The van der Waals surface area contributed by atoms with E-state index < -0.39 is 11.9 Å². The summed E-state index contributed by atoms with van der Waals surface area (Å²) in [5, 5.41) is 2.76. The second-order valence-electron chi connectivity index (χ2n) is 5.88. The van der Waals surface area contributed by atoms with E-state index in [-0.39, 0.29) is 17.2 Å². The highest BCUT2D eigenvalue weighted by Gasteiger charge is 2.33. The van der Waals surface area contributed by atoms with E-state index in [4.69, 9.17) is 0 Å². The first kappa shape index (κ1) is 16.8. The van der Waals surface area contributed by atoms with Crippen LogP contribution in [0.1, 0.15) is 60.3 Å². The largest absolute Gasteiger partial charge is 0.433 e. The maximum atomic E-state index is 12.5. The van der Waals surface area contributed by atoms with E-state index in [2.05, 4.69) is 10.3 Å². The molecule has 6 heteroatoms. The van der Waals surface area contributed by atoms with E-state index >= 15 is 0 Å². The van der Waals surface area contributed by atoms with Crippen molar-refractivity contribution in [1.82, 2.24) is 10.3 Å². The average Bonchev–Trinajstić information content (AvgIpc) is 2.95. The van der Waals surface area contributed by atoms with E-state index in [9.17, 15) is 18.0 Å². The predicted octanol–water partition coefficient (Wildman–Crippen LogP) is 4.11. The van der Waals surface area contributed by atoms with Crippen molar-refractivity contribution >= 4 is 5.91 Å². The van der Waals surface area contributed by atoms with Crippen LogP contribution in [0.15, 0.2) is 12.1 Å². The Morgan fingerprint density at radius 2 is 2.00 bits per heavy atom. The van der Waals surface area contributed by atoms with Gasteiger partial charge >= 0.3 is 6.18 Å². The van der Waals surface area contributed by atoms with Crippen molar-refractivity contribution in [2.45, 2.75) is 51.6 Å². The molecule has 0 aromatic carbocycles. The van der Waals surface area contributed by atoms with Crippen molar-refractivity contribution in [1.29, 1.82) is 0 Å². The first-order valence-corrected chi connectivity index (χ1v) is 7.71. The van der Waals surface area contributed by atoms with Crippen LogP contribution < -0.4 is 5.32 Å². The Labute approximate surface area is 128 Å². The van der Waals surface area contributed by atoms with Crippen LogP contribution in [0.25, 0.3) is 0 Å². The van der Waals surface area contributed by atoms with E-state index in [1.807, 2.05) is 0 Å². The SMILES string of the molecule is Cc1nc(C(F)(F)F)ccc1C(=O)NCCCC1CCCC1. The summed E-state index contributed by atoms with van der Waals surface area (Å²) in [4.78, 5) is 15.5. The average molecular weight is 314 g/mol. The number of nitrogens with one attached hydrogen (secondary N) is 1. The number of carbonyl (C=O) groups excluding carboxylic acids is 1. The van der Waals surface area contributed by atoms with Gasteiger partial charge in [0.1, 0.15) is 5.69 Å². The number of rotatable bonds is 5. The van der Waals surface area contributed by atoms with Crippen molar-refractivity contribution in [2.24, 2.45) is 5.92 Å². The maximum Gasteiger partial charge on any atom is 0.433 e. The summed E-state index contributed by atoms with van der Waals surface area (Å²) < 4.78 is 37.6. The Hall–Kier alpha value is -1.59. The third-order valence-electron chi connectivity index (χ3n) is 4.17. The molecule has 1 aromatic rings. The summed E-state index contributed by atoms with van der Waals surface area (Å²) in [7, 11) is 0. The quantitative estimate of drug-likeness (QED) is 0.831. The molecule has 1 amide bonds. The van der Waals surface area contributed by atoms with Crippen molar-refractivity contribution in [3.8, 4) is 0 Å². The summed E-state index contributed by atoms with van der Waals surface area (Å²) in [5.74, 6) is 0.413. The first-order chi connectivity index (χ1) is 10.4. The minimum absolute atomic E-state index is 0.100. The van der Waals surface area contributed by atoms with Gasteiger partial charge in [-0.1, -0.05) is 25.7 Å². The van der Waals surface area contributed by atoms with Crippen molar-refractivity contribution in [3.05, 3.63) is 29.1 Å². The third kappa shape index (κ3) is 4.45. The van der Waals surface area contributed by atoms with Crippen LogP contribution in [0.3, 0.4) is 0 Å². The predicted molar refractivity (Wildman–Crippen MR) is 77.5 cm³/mol. The van der Waals surface area contributed by atoms with Crippen LogP contribution >= 0.6 is 0 Å². The molecule has 0 bridgehead atoms. The highest BCUT2D eigenvalue weighted by Crippen LogP contribution is 2.29. The molecule has 1 aliphatic carbocycles. The molecule has 0 unspecified atom stereocenters. The maximum absolute atomic E-state index is 12.5. The van der Waals surface area contributed by atoms with Crippen molar-refractivity contribution < 1.29 is 18.0 Å². The fourth-order valence-electron chi connectivity index (χ4n) is 2.95. The fraction of sp³-hybridized carbons (Fsp3) is 0.625. The topological polar surface area (TPSA) is 42.0 Å². The minimum Gasteiger partial charge on any atom is -0.352 e. The molecule has 1 heterocycles. The van der Waals surface area contributed by atoms with Crippen molar-refractivity contribution in [2.75, 3.05) is 6.54 Å². The Morgan fingerprint density at radius 3 is 2.59 bits per heavy atom. The lowest BCUT2D eigenvalue weighted by Crippen LogP contribution is -2.26. The number of alkyl halides is 3. The summed E-state index contributed by atoms with van der Waals surface area (Å²) >= 11 is 0. The molecule has 0 spiro atoms. The molecule has 1 N–H and O–H groups in total. The summed E-state index contributed by atoms with van der Waals surface area (Å²) in [6.45, 7) is 1.97. The van der Waals surface area contributed by atoms with Gasteiger partial charge in [-0.3, -0.25) is 4.79 Å². The smallest absolute Gasteiger partial charge is 0.352 e. The molecule has 1 saturated carbocycles. The zero-order valence-electron chi connectivity index (χ0n) is 12.7. The van der Waals surface area contributed by atoms with Gasteiger partial charge in [0, 0.05) is 6.54 Å². The molecule has 1 aliphatic rings. The summed E-state index contributed by atoms with van der Waals surface area (Å²) in [6, 6.07) is 2.04. The van der Waals surface area contributed by atoms with Gasteiger partial charge in [0.25, 0.3) is 5.91 Å². The molecule has 22 heavy (non-hydrogen) atoms. The fourth-order valence-corrected chi connectivity index (χ4v) is 2.95. The number of amides is 1. The van der Waals surface area contributed by atoms with E-state index in [1.165, 1.54) is 38.7 Å². The number of aryl methyl sites for hydroxylation is 1. The Morgan fingerprint density at radius 1 is 1.32 bits per heavy atom. The molecule has 122 valence electrons. The molecule has 0 aliphatic heterocycles. The summed E-state index contributed by atoms with van der Waals surface area (Å²) in [6.07, 6.45) is 2.67. The number of pyridine rings is 1. The lowest BCUT2D eigenvalue weighted by Gasteiger charge is -2.11. The number of hydrogen-bond donors (Lipinski definition) is 1. The van der Waals surface area contributed by atoms with Gasteiger partial charge in [-0.05, 0) is 37.8 Å². The van der Waals surface area contributed by atoms with E-state index in [0.717, 1.165) is 24.8 Å². The molecule has 2 rings (SSSR count). The monoisotopic (exact) mass is 314 g/mol. The summed E-state index contributed by atoms with van der Waals surface area (Å²) in [5.41, 5.74) is -0.667. The highest BCUT2D eigenvalue weighted by atomic mass is 19.4. The molecule has 0 saturated heterocycles. The molecule has 1 aromatic heterocycles. The van der Waals surface area contributed by atoms with Gasteiger partial charge in [-0.2, -0.15) is 13.2 Å². The number of aromatic nitrogens is 1. The van der Waals surface area contributed by atoms with Crippen molar-refractivity contribution in [3.63, 3.8) is 0 Å². The molecule has 1 fully saturated rings. The standard InChI is InChI=1S/C16H21F3N2O/c1-11-13(8-9-14(21-11)16(17,18)19)15(22)20-10-4-7-12-5-2-3-6-12/h8-9,12H,2-7,10H2,1H3,(H,20,22).